The minimum atomic E-state index is -0.645. The van der Waals surface area contributed by atoms with Crippen LogP contribution in [0, 0.1) is 0 Å². The van der Waals surface area contributed by atoms with Crippen LogP contribution in [-0.4, -0.2) is 49.2 Å². The number of benzene rings is 1. The predicted molar refractivity (Wildman–Crippen MR) is 102 cm³/mol. The molecule has 0 aliphatic rings. The molecule has 1 aromatic carbocycles. The summed E-state index contributed by atoms with van der Waals surface area (Å²) in [4.78, 5) is 23.8. The summed E-state index contributed by atoms with van der Waals surface area (Å²) in [6, 6.07) is 8.93. The second kappa shape index (κ2) is 14.4. The Morgan fingerprint density at radius 3 is 2.42 bits per heavy atom. The van der Waals surface area contributed by atoms with Crippen LogP contribution in [0.1, 0.15) is 44.1 Å². The summed E-state index contributed by atoms with van der Waals surface area (Å²) in [5.74, 6) is -0.271. The van der Waals surface area contributed by atoms with Crippen LogP contribution in [0.3, 0.4) is 0 Å². The summed E-state index contributed by atoms with van der Waals surface area (Å²) < 4.78 is 5.43. The van der Waals surface area contributed by atoms with E-state index in [2.05, 4.69) is 5.32 Å². The Morgan fingerprint density at radius 1 is 1.04 bits per heavy atom. The third-order valence-electron chi connectivity index (χ3n) is 4.04. The van der Waals surface area contributed by atoms with Gasteiger partial charge in [-0.25, -0.2) is 0 Å². The monoisotopic (exact) mass is 364 g/mol. The van der Waals surface area contributed by atoms with E-state index in [1.165, 1.54) is 0 Å². The van der Waals surface area contributed by atoms with Crippen LogP contribution in [0.25, 0.3) is 0 Å². The molecule has 146 valence electrons. The zero-order valence-electron chi connectivity index (χ0n) is 15.5. The van der Waals surface area contributed by atoms with Crippen molar-refractivity contribution in [1.82, 2.24) is 5.32 Å². The quantitative estimate of drug-likeness (QED) is 0.410. The van der Waals surface area contributed by atoms with Crippen LogP contribution in [0.15, 0.2) is 30.3 Å². The lowest BCUT2D eigenvalue weighted by molar-refractivity contribution is -0.126. The number of Topliss-reactive ketones (excluding diaryl/α,β-unsaturated/α-hetero) is 1. The van der Waals surface area contributed by atoms with Crippen molar-refractivity contribution in [3.63, 3.8) is 0 Å². The Morgan fingerprint density at radius 2 is 1.73 bits per heavy atom. The molecule has 0 radical (unpaired) electrons. The molecule has 0 fully saturated rings. The van der Waals surface area contributed by atoms with Crippen LogP contribution < -0.4 is 11.1 Å². The highest BCUT2D eigenvalue weighted by Gasteiger charge is 2.14. The summed E-state index contributed by atoms with van der Waals surface area (Å²) in [6.45, 7) is 1.61. The summed E-state index contributed by atoms with van der Waals surface area (Å²) in [6.07, 6.45) is 5.20. The Kier molecular flexibility index (Phi) is 12.4. The Labute approximate surface area is 156 Å². The molecule has 26 heavy (non-hydrogen) atoms. The van der Waals surface area contributed by atoms with Crippen molar-refractivity contribution in [1.29, 1.82) is 0 Å². The number of aliphatic hydroxyl groups excluding tert-OH is 1. The normalized spacial score (nSPS) is 11.9. The topological polar surface area (TPSA) is 102 Å². The third-order valence-corrected chi connectivity index (χ3v) is 4.04. The molecule has 0 spiro atoms. The summed E-state index contributed by atoms with van der Waals surface area (Å²) >= 11 is 0. The minimum Gasteiger partial charge on any atom is -0.396 e. The maximum absolute atomic E-state index is 12.0. The number of nitrogens with two attached hydrogens (primary N) is 1. The lowest BCUT2D eigenvalue weighted by Gasteiger charge is -2.12. The maximum Gasteiger partial charge on any atom is 0.237 e. The number of ether oxygens (including phenoxy) is 1. The number of ketones is 1. The van der Waals surface area contributed by atoms with E-state index in [0.717, 1.165) is 37.7 Å². The van der Waals surface area contributed by atoms with Crippen LogP contribution in [0.2, 0.25) is 0 Å². The van der Waals surface area contributed by atoms with Crippen LogP contribution >= 0.6 is 0 Å². The maximum atomic E-state index is 12.0. The van der Waals surface area contributed by atoms with E-state index in [0.29, 0.717) is 26.1 Å². The molecule has 0 saturated heterocycles. The Hall–Kier alpha value is -1.76. The van der Waals surface area contributed by atoms with Gasteiger partial charge in [0.1, 0.15) is 0 Å². The van der Waals surface area contributed by atoms with E-state index < -0.39 is 6.04 Å². The molecule has 1 rings (SSSR count). The van der Waals surface area contributed by atoms with E-state index in [1.54, 1.807) is 0 Å². The SMILES string of the molecule is NC(Cc1ccccc1)C(=O)NCC(=O)CCCCCOCCCCO. The molecule has 0 aromatic heterocycles. The molecule has 1 unspecified atom stereocenters. The van der Waals surface area contributed by atoms with Gasteiger partial charge < -0.3 is 20.9 Å². The number of aliphatic hydroxyl groups is 1. The van der Waals surface area contributed by atoms with Gasteiger partial charge in [0, 0.05) is 26.2 Å². The number of unbranched alkanes of at least 4 members (excludes halogenated alkanes) is 3. The van der Waals surface area contributed by atoms with Gasteiger partial charge in [0.25, 0.3) is 0 Å². The second-order valence-corrected chi connectivity index (χ2v) is 6.41. The predicted octanol–water partition coefficient (Wildman–Crippen LogP) is 1.59. The molecular weight excluding hydrogens is 332 g/mol. The fraction of sp³-hybridized carbons (Fsp3) is 0.600. The molecule has 0 aliphatic carbocycles. The molecule has 4 N–H and O–H groups in total. The lowest BCUT2D eigenvalue weighted by Crippen LogP contribution is -2.43. The largest absolute Gasteiger partial charge is 0.396 e. The van der Waals surface area contributed by atoms with Gasteiger partial charge in [-0.1, -0.05) is 36.8 Å². The van der Waals surface area contributed by atoms with E-state index in [9.17, 15) is 9.59 Å². The van der Waals surface area contributed by atoms with E-state index >= 15 is 0 Å². The molecule has 6 nitrogen and oxygen atoms in total. The van der Waals surface area contributed by atoms with Crippen LogP contribution in [-0.2, 0) is 20.7 Å². The van der Waals surface area contributed by atoms with Gasteiger partial charge in [-0.3, -0.25) is 9.59 Å². The molecule has 0 heterocycles. The number of hydrogen-bond acceptors (Lipinski definition) is 5. The average Bonchev–Trinajstić information content (AvgIpc) is 2.65. The Balaban J connectivity index is 2.02. The zero-order chi connectivity index (χ0) is 19.0. The molecule has 1 atom stereocenters. The van der Waals surface area contributed by atoms with Crippen molar-refractivity contribution in [2.45, 2.75) is 51.0 Å². The molecule has 0 saturated carbocycles. The molecule has 6 heteroatoms. The molecule has 0 aliphatic heterocycles. The van der Waals surface area contributed by atoms with E-state index in [-0.39, 0.29) is 24.8 Å². The first-order valence-electron chi connectivity index (χ1n) is 9.41. The number of amides is 1. The molecular formula is C20H32N2O4. The molecule has 1 amide bonds. The number of rotatable bonds is 15. The van der Waals surface area contributed by atoms with Gasteiger partial charge in [-0.05, 0) is 37.7 Å². The lowest BCUT2D eigenvalue weighted by atomic mass is 10.1. The molecule has 1 aromatic rings. The summed E-state index contributed by atoms with van der Waals surface area (Å²) in [5, 5.41) is 11.3. The highest BCUT2D eigenvalue weighted by Crippen LogP contribution is 2.03. The smallest absolute Gasteiger partial charge is 0.237 e. The fourth-order valence-corrected chi connectivity index (χ4v) is 2.49. The van der Waals surface area contributed by atoms with E-state index in [1.807, 2.05) is 30.3 Å². The van der Waals surface area contributed by atoms with E-state index in [4.69, 9.17) is 15.6 Å². The second-order valence-electron chi connectivity index (χ2n) is 6.41. The van der Waals surface area contributed by atoms with Crippen molar-refractivity contribution in [3.05, 3.63) is 35.9 Å². The van der Waals surface area contributed by atoms with Crippen molar-refractivity contribution in [2.24, 2.45) is 5.73 Å². The van der Waals surface area contributed by atoms with Gasteiger partial charge in [0.15, 0.2) is 5.78 Å². The minimum absolute atomic E-state index is 0.0223. The van der Waals surface area contributed by atoms with Gasteiger partial charge in [0.05, 0.1) is 12.6 Å². The van der Waals surface area contributed by atoms with Crippen molar-refractivity contribution >= 4 is 11.7 Å². The first kappa shape index (κ1) is 22.3. The Bertz CT molecular complexity index is 508. The van der Waals surface area contributed by atoms with Gasteiger partial charge in [0.2, 0.25) is 5.91 Å². The van der Waals surface area contributed by atoms with Crippen LogP contribution in [0.4, 0.5) is 0 Å². The average molecular weight is 364 g/mol. The first-order valence-corrected chi connectivity index (χ1v) is 9.41. The zero-order valence-corrected chi connectivity index (χ0v) is 15.5. The third kappa shape index (κ3) is 11.0. The highest BCUT2D eigenvalue weighted by molar-refractivity contribution is 5.88. The van der Waals surface area contributed by atoms with Gasteiger partial charge in [-0.2, -0.15) is 0 Å². The van der Waals surface area contributed by atoms with Crippen molar-refractivity contribution < 1.29 is 19.4 Å². The van der Waals surface area contributed by atoms with Crippen molar-refractivity contribution in [2.75, 3.05) is 26.4 Å². The number of nitrogens with one attached hydrogen (secondary N) is 1. The summed E-state index contributed by atoms with van der Waals surface area (Å²) in [7, 11) is 0. The number of carbonyl (C=O) groups is 2. The number of carbonyl (C=O) groups excluding carboxylic acids is 2. The molecule has 0 bridgehead atoms. The number of hydrogen-bond donors (Lipinski definition) is 3. The highest BCUT2D eigenvalue weighted by atomic mass is 16.5. The standard InChI is InChI=1S/C20H32N2O4/c21-19(15-17-9-3-1-4-10-17)20(25)22-16-18(24)11-5-2-7-13-26-14-8-6-12-23/h1,3-4,9-10,19,23H,2,5-8,11-16,21H2,(H,22,25). The van der Waals surface area contributed by atoms with Gasteiger partial charge in [-0.15, -0.1) is 0 Å². The fourth-order valence-electron chi connectivity index (χ4n) is 2.49. The van der Waals surface area contributed by atoms with Crippen LogP contribution in [0.5, 0.6) is 0 Å². The van der Waals surface area contributed by atoms with Crippen molar-refractivity contribution in [3.8, 4) is 0 Å². The first-order chi connectivity index (χ1) is 12.6. The van der Waals surface area contributed by atoms with Gasteiger partial charge >= 0.3 is 0 Å². The summed E-state index contributed by atoms with van der Waals surface area (Å²) in [5.41, 5.74) is 6.88.